The highest BCUT2D eigenvalue weighted by Crippen LogP contribution is 2.20. The van der Waals surface area contributed by atoms with Gasteiger partial charge in [-0.05, 0) is 35.7 Å². The van der Waals surface area contributed by atoms with Gasteiger partial charge in [0.25, 0.3) is 0 Å². The second-order valence-corrected chi connectivity index (χ2v) is 5.51. The molecule has 1 amide bonds. The van der Waals surface area contributed by atoms with Crippen molar-refractivity contribution in [2.24, 2.45) is 0 Å². The number of thiophene rings is 1. The maximum Gasteiger partial charge on any atom is 0.414 e. The molecule has 2 heterocycles. The van der Waals surface area contributed by atoms with Gasteiger partial charge in [-0.3, -0.25) is 9.69 Å². The van der Waals surface area contributed by atoms with E-state index in [9.17, 15) is 9.59 Å². The van der Waals surface area contributed by atoms with Crippen molar-refractivity contribution in [2.45, 2.75) is 0 Å². The number of amides is 1. The zero-order valence-corrected chi connectivity index (χ0v) is 12.0. The van der Waals surface area contributed by atoms with E-state index in [1.807, 2.05) is 17.5 Å². The molecule has 2 aromatic rings. The molecule has 0 aliphatic carbocycles. The van der Waals surface area contributed by atoms with Crippen LogP contribution in [0.2, 0.25) is 0 Å². The Morgan fingerprint density at radius 3 is 2.90 bits per heavy atom. The van der Waals surface area contributed by atoms with Crippen LogP contribution in [0.1, 0.15) is 15.2 Å². The molecule has 4 nitrogen and oxygen atoms in total. The van der Waals surface area contributed by atoms with Crippen molar-refractivity contribution in [3.8, 4) is 0 Å². The summed E-state index contributed by atoms with van der Waals surface area (Å²) in [4.78, 5) is 26.3. The predicted octanol–water partition coefficient (Wildman–Crippen LogP) is 3.60. The fraction of sp³-hybridized carbons (Fsp3) is 0.125. The molecule has 1 aromatic heterocycles. The maximum absolute atomic E-state index is 12.2. The molecule has 1 aliphatic rings. The monoisotopic (exact) mass is 299 g/mol. The molecule has 0 saturated carbocycles. The standard InChI is InChI=1S/C16H13NO3S/c18-15(7-6-14-5-2-10-21-14)12-3-1-4-13(11-12)17-8-9-20-16(17)19/h1-7,10-11H,8-9H2/b7-6+. The summed E-state index contributed by atoms with van der Waals surface area (Å²) in [5.74, 6) is -0.0854. The largest absolute Gasteiger partial charge is 0.447 e. The number of nitrogens with zero attached hydrogens (tertiary/aromatic N) is 1. The van der Waals surface area contributed by atoms with Gasteiger partial charge in [0.05, 0.1) is 6.54 Å². The molecule has 1 aromatic carbocycles. The fourth-order valence-electron chi connectivity index (χ4n) is 2.10. The topological polar surface area (TPSA) is 46.6 Å². The smallest absolute Gasteiger partial charge is 0.414 e. The van der Waals surface area contributed by atoms with Crippen LogP contribution in [0.25, 0.3) is 6.08 Å². The fourth-order valence-corrected chi connectivity index (χ4v) is 2.71. The van der Waals surface area contributed by atoms with E-state index < -0.39 is 0 Å². The van der Waals surface area contributed by atoms with Crippen LogP contribution in [0.5, 0.6) is 0 Å². The van der Waals surface area contributed by atoms with E-state index in [2.05, 4.69) is 0 Å². The predicted molar refractivity (Wildman–Crippen MR) is 82.8 cm³/mol. The molecule has 0 unspecified atom stereocenters. The summed E-state index contributed by atoms with van der Waals surface area (Å²) in [6.45, 7) is 0.900. The van der Waals surface area contributed by atoms with Gasteiger partial charge in [-0.15, -0.1) is 11.3 Å². The van der Waals surface area contributed by atoms with Gasteiger partial charge >= 0.3 is 6.09 Å². The Balaban J connectivity index is 1.79. The molecule has 1 fully saturated rings. The van der Waals surface area contributed by atoms with E-state index in [4.69, 9.17) is 4.74 Å². The lowest BCUT2D eigenvalue weighted by molar-refractivity contribution is 0.104. The van der Waals surface area contributed by atoms with Gasteiger partial charge in [-0.1, -0.05) is 18.2 Å². The molecule has 0 bridgehead atoms. The van der Waals surface area contributed by atoms with Gasteiger partial charge in [0, 0.05) is 16.1 Å². The summed E-state index contributed by atoms with van der Waals surface area (Å²) < 4.78 is 4.91. The van der Waals surface area contributed by atoms with Gasteiger partial charge < -0.3 is 4.74 Å². The molecule has 0 spiro atoms. The average Bonchev–Trinajstić information content (AvgIpc) is 3.16. The molecule has 5 heteroatoms. The number of carbonyl (C=O) groups excluding carboxylic acids is 2. The van der Waals surface area contributed by atoms with Crippen LogP contribution >= 0.6 is 11.3 Å². The Morgan fingerprint density at radius 1 is 1.29 bits per heavy atom. The summed E-state index contributed by atoms with van der Waals surface area (Å²) in [6, 6.07) is 10.9. The molecular weight excluding hydrogens is 286 g/mol. The van der Waals surface area contributed by atoms with Crippen LogP contribution in [-0.2, 0) is 4.74 Å². The Labute approximate surface area is 126 Å². The van der Waals surface area contributed by atoms with Crippen molar-refractivity contribution in [3.63, 3.8) is 0 Å². The van der Waals surface area contributed by atoms with E-state index in [1.54, 1.807) is 47.8 Å². The third-order valence-corrected chi connectivity index (χ3v) is 3.98. The first-order valence-electron chi connectivity index (χ1n) is 6.54. The van der Waals surface area contributed by atoms with Crippen LogP contribution in [0.3, 0.4) is 0 Å². The number of allylic oxidation sites excluding steroid dienone is 1. The third-order valence-electron chi connectivity index (χ3n) is 3.15. The minimum absolute atomic E-state index is 0.0854. The number of hydrogen-bond donors (Lipinski definition) is 0. The van der Waals surface area contributed by atoms with Gasteiger partial charge in [0.15, 0.2) is 5.78 Å². The number of anilines is 1. The first-order valence-corrected chi connectivity index (χ1v) is 7.42. The highest BCUT2D eigenvalue weighted by Gasteiger charge is 2.23. The van der Waals surface area contributed by atoms with Gasteiger partial charge in [0.2, 0.25) is 0 Å². The molecule has 106 valence electrons. The van der Waals surface area contributed by atoms with Crippen LogP contribution in [0.15, 0.2) is 47.9 Å². The van der Waals surface area contributed by atoms with Crippen molar-refractivity contribution >= 4 is 35.0 Å². The Hall–Kier alpha value is -2.40. The second-order valence-electron chi connectivity index (χ2n) is 4.53. The molecule has 1 saturated heterocycles. The lowest BCUT2D eigenvalue weighted by Crippen LogP contribution is -2.23. The number of carbonyl (C=O) groups is 2. The van der Waals surface area contributed by atoms with E-state index in [-0.39, 0.29) is 11.9 Å². The van der Waals surface area contributed by atoms with E-state index in [1.165, 1.54) is 4.90 Å². The normalized spacial score (nSPS) is 14.7. The van der Waals surface area contributed by atoms with E-state index >= 15 is 0 Å². The number of ketones is 1. The summed E-state index contributed by atoms with van der Waals surface area (Å²) in [6.07, 6.45) is 2.98. The van der Waals surface area contributed by atoms with Crippen molar-refractivity contribution in [1.29, 1.82) is 0 Å². The lowest BCUT2D eigenvalue weighted by Gasteiger charge is -2.13. The SMILES string of the molecule is O=C(/C=C/c1cccs1)c1cccc(N2CCOC2=O)c1. The number of cyclic esters (lactones) is 1. The summed E-state index contributed by atoms with van der Waals surface area (Å²) in [5.41, 5.74) is 1.24. The van der Waals surface area contributed by atoms with Crippen molar-refractivity contribution in [1.82, 2.24) is 0 Å². The number of ether oxygens (including phenoxy) is 1. The highest BCUT2D eigenvalue weighted by molar-refractivity contribution is 7.10. The van der Waals surface area contributed by atoms with Crippen molar-refractivity contribution < 1.29 is 14.3 Å². The zero-order valence-electron chi connectivity index (χ0n) is 11.2. The number of benzene rings is 1. The molecule has 0 N–H and O–H groups in total. The molecule has 0 atom stereocenters. The molecule has 21 heavy (non-hydrogen) atoms. The molecule has 1 aliphatic heterocycles. The van der Waals surface area contributed by atoms with Crippen LogP contribution in [-0.4, -0.2) is 25.0 Å². The van der Waals surface area contributed by atoms with Gasteiger partial charge in [-0.2, -0.15) is 0 Å². The van der Waals surface area contributed by atoms with Crippen LogP contribution < -0.4 is 4.90 Å². The second kappa shape index (κ2) is 5.93. The minimum Gasteiger partial charge on any atom is -0.447 e. The zero-order chi connectivity index (χ0) is 14.7. The molecule has 3 rings (SSSR count). The van der Waals surface area contributed by atoms with Crippen molar-refractivity contribution in [3.05, 3.63) is 58.3 Å². The quantitative estimate of drug-likeness (QED) is 0.640. The lowest BCUT2D eigenvalue weighted by atomic mass is 10.1. The Bertz CT molecular complexity index is 691. The Morgan fingerprint density at radius 2 is 2.19 bits per heavy atom. The molecular formula is C16H13NO3S. The maximum atomic E-state index is 12.2. The Kier molecular flexibility index (Phi) is 3.83. The summed E-state index contributed by atoms with van der Waals surface area (Å²) in [7, 11) is 0. The first kappa shape index (κ1) is 13.6. The average molecular weight is 299 g/mol. The van der Waals surface area contributed by atoms with Gasteiger partial charge in [0.1, 0.15) is 6.61 Å². The molecule has 0 radical (unpaired) electrons. The number of rotatable bonds is 4. The number of hydrogen-bond acceptors (Lipinski definition) is 4. The summed E-state index contributed by atoms with van der Waals surface area (Å²) in [5, 5.41) is 1.96. The highest BCUT2D eigenvalue weighted by atomic mass is 32.1. The van der Waals surface area contributed by atoms with E-state index in [0.29, 0.717) is 24.4 Å². The first-order chi connectivity index (χ1) is 10.2. The minimum atomic E-state index is -0.367. The van der Waals surface area contributed by atoms with Gasteiger partial charge in [-0.25, -0.2) is 4.79 Å². The van der Waals surface area contributed by atoms with Crippen molar-refractivity contribution in [2.75, 3.05) is 18.1 Å². The third kappa shape index (κ3) is 3.03. The summed E-state index contributed by atoms with van der Waals surface area (Å²) >= 11 is 1.58. The van der Waals surface area contributed by atoms with E-state index in [0.717, 1.165) is 4.88 Å². The van der Waals surface area contributed by atoms with Crippen LogP contribution in [0.4, 0.5) is 10.5 Å². The van der Waals surface area contributed by atoms with Crippen LogP contribution in [0, 0.1) is 0 Å².